The summed E-state index contributed by atoms with van der Waals surface area (Å²) in [5.74, 6) is 0.313. The molecule has 1 aromatic rings. The van der Waals surface area contributed by atoms with Gasteiger partial charge in [-0.3, -0.25) is 4.79 Å². The molecule has 1 aromatic carbocycles. The van der Waals surface area contributed by atoms with Crippen LogP contribution in [-0.2, 0) is 14.8 Å². The van der Waals surface area contributed by atoms with Crippen LogP contribution in [0.3, 0.4) is 0 Å². The largest absolute Gasteiger partial charge is 0.349 e. The van der Waals surface area contributed by atoms with Gasteiger partial charge in [0.15, 0.2) is 5.84 Å². The zero-order chi connectivity index (χ0) is 15.7. The first-order chi connectivity index (χ1) is 10.5. The van der Waals surface area contributed by atoms with Crippen molar-refractivity contribution in [2.24, 2.45) is 4.40 Å². The Morgan fingerprint density at radius 2 is 2.00 bits per heavy atom. The maximum atomic E-state index is 12.3. The molecule has 0 saturated carbocycles. The van der Waals surface area contributed by atoms with Gasteiger partial charge >= 0.3 is 0 Å². The van der Waals surface area contributed by atoms with E-state index in [0.717, 1.165) is 13.1 Å². The average molecular weight is 322 g/mol. The fourth-order valence-electron chi connectivity index (χ4n) is 2.66. The first-order valence-corrected chi connectivity index (χ1v) is 8.57. The Labute approximate surface area is 129 Å². The van der Waals surface area contributed by atoms with Crippen LogP contribution in [0.25, 0.3) is 0 Å². The van der Waals surface area contributed by atoms with E-state index < -0.39 is 10.0 Å². The van der Waals surface area contributed by atoms with Crippen LogP contribution in [-0.4, -0.2) is 69.7 Å². The molecule has 7 nitrogen and oxygen atoms in total. The molecule has 1 fully saturated rings. The SMILES string of the molecule is CN(CC(=O)N1CCNCC1)C1=NS(=O)(=O)c2ccccc21. The topological polar surface area (TPSA) is 82.1 Å². The maximum Gasteiger partial charge on any atom is 0.285 e. The highest BCUT2D eigenvalue weighted by Crippen LogP contribution is 2.26. The van der Waals surface area contributed by atoms with E-state index in [1.165, 1.54) is 6.07 Å². The summed E-state index contributed by atoms with van der Waals surface area (Å²) in [4.78, 5) is 15.9. The highest BCUT2D eigenvalue weighted by atomic mass is 32.2. The van der Waals surface area contributed by atoms with Crippen molar-refractivity contribution in [1.82, 2.24) is 15.1 Å². The molecule has 1 amide bonds. The van der Waals surface area contributed by atoms with Crippen LogP contribution in [0, 0.1) is 0 Å². The summed E-state index contributed by atoms with van der Waals surface area (Å²) in [6, 6.07) is 6.68. The highest BCUT2D eigenvalue weighted by Gasteiger charge is 2.31. The monoisotopic (exact) mass is 322 g/mol. The van der Waals surface area contributed by atoms with E-state index in [0.29, 0.717) is 24.5 Å². The van der Waals surface area contributed by atoms with Gasteiger partial charge in [0.25, 0.3) is 10.0 Å². The lowest BCUT2D eigenvalue weighted by molar-refractivity contribution is -0.131. The number of amides is 1. The van der Waals surface area contributed by atoms with Crippen molar-refractivity contribution in [2.45, 2.75) is 4.90 Å². The van der Waals surface area contributed by atoms with Crippen LogP contribution in [0.2, 0.25) is 0 Å². The standard InChI is InChI=1S/C14H18N4O3S/c1-17(10-13(19)18-8-6-15-7-9-18)14-11-4-2-3-5-12(11)22(20,21)16-14/h2-5,15H,6-10H2,1H3. The lowest BCUT2D eigenvalue weighted by atomic mass is 10.2. The predicted octanol–water partition coefficient (Wildman–Crippen LogP) is -0.501. The number of hydrogen-bond acceptors (Lipinski definition) is 5. The second kappa shape index (κ2) is 5.69. The zero-order valence-corrected chi connectivity index (χ0v) is 13.1. The zero-order valence-electron chi connectivity index (χ0n) is 12.3. The molecule has 0 aromatic heterocycles. The third kappa shape index (κ3) is 2.71. The molecule has 22 heavy (non-hydrogen) atoms. The van der Waals surface area contributed by atoms with Gasteiger partial charge in [-0.15, -0.1) is 4.40 Å². The third-order valence-corrected chi connectivity index (χ3v) is 5.14. The second-order valence-electron chi connectivity index (χ2n) is 5.37. The molecule has 0 bridgehead atoms. The average Bonchev–Trinajstić information content (AvgIpc) is 2.80. The molecular weight excluding hydrogens is 304 g/mol. The van der Waals surface area contributed by atoms with Crippen molar-refractivity contribution in [3.63, 3.8) is 0 Å². The number of carbonyl (C=O) groups excluding carboxylic acids is 1. The number of nitrogens with zero attached hydrogens (tertiary/aromatic N) is 3. The molecule has 0 radical (unpaired) electrons. The van der Waals surface area contributed by atoms with E-state index in [2.05, 4.69) is 9.71 Å². The molecule has 2 aliphatic rings. The normalized spacial score (nSPS) is 19.5. The van der Waals surface area contributed by atoms with Crippen LogP contribution in [0.5, 0.6) is 0 Å². The number of carbonyl (C=O) groups is 1. The summed E-state index contributed by atoms with van der Waals surface area (Å²) in [6.07, 6.45) is 0. The summed E-state index contributed by atoms with van der Waals surface area (Å²) in [5, 5.41) is 3.19. The van der Waals surface area contributed by atoms with Gasteiger partial charge in [0.1, 0.15) is 4.90 Å². The molecule has 8 heteroatoms. The lowest BCUT2D eigenvalue weighted by Crippen LogP contribution is -2.49. The quantitative estimate of drug-likeness (QED) is 0.794. The number of sulfonamides is 1. The molecule has 3 rings (SSSR count). The Morgan fingerprint density at radius 1 is 1.32 bits per heavy atom. The van der Waals surface area contributed by atoms with Crippen LogP contribution >= 0.6 is 0 Å². The van der Waals surface area contributed by atoms with Crippen LogP contribution in [0.1, 0.15) is 5.56 Å². The number of rotatable bonds is 2. The summed E-state index contributed by atoms with van der Waals surface area (Å²) in [5.41, 5.74) is 0.554. The van der Waals surface area contributed by atoms with Gasteiger partial charge in [0.2, 0.25) is 5.91 Å². The van der Waals surface area contributed by atoms with Crippen molar-refractivity contribution in [1.29, 1.82) is 0 Å². The highest BCUT2D eigenvalue weighted by molar-refractivity contribution is 7.90. The molecule has 2 heterocycles. The van der Waals surface area contributed by atoms with Gasteiger partial charge in [-0.1, -0.05) is 12.1 Å². The predicted molar refractivity (Wildman–Crippen MR) is 82.2 cm³/mol. The number of benzene rings is 1. The van der Waals surface area contributed by atoms with Gasteiger partial charge in [0.05, 0.1) is 6.54 Å². The molecule has 118 valence electrons. The number of nitrogens with one attached hydrogen (secondary N) is 1. The Morgan fingerprint density at radius 3 is 2.73 bits per heavy atom. The van der Waals surface area contributed by atoms with Gasteiger partial charge in [0, 0.05) is 38.8 Å². The minimum absolute atomic E-state index is 0.0199. The van der Waals surface area contributed by atoms with Crippen molar-refractivity contribution in [2.75, 3.05) is 39.8 Å². The van der Waals surface area contributed by atoms with Crippen molar-refractivity contribution in [3.05, 3.63) is 29.8 Å². The van der Waals surface area contributed by atoms with E-state index in [1.807, 2.05) is 0 Å². The van der Waals surface area contributed by atoms with Crippen LogP contribution < -0.4 is 5.32 Å². The van der Waals surface area contributed by atoms with Gasteiger partial charge < -0.3 is 15.1 Å². The molecule has 0 atom stereocenters. The number of fused-ring (bicyclic) bond motifs is 1. The minimum atomic E-state index is -3.65. The smallest absolute Gasteiger partial charge is 0.285 e. The number of hydrogen-bond donors (Lipinski definition) is 1. The van der Waals surface area contributed by atoms with E-state index in [4.69, 9.17) is 0 Å². The Bertz CT molecular complexity index is 723. The lowest BCUT2D eigenvalue weighted by Gasteiger charge is -2.29. The number of piperazine rings is 1. The molecule has 1 N–H and O–H groups in total. The molecule has 0 spiro atoms. The van der Waals surface area contributed by atoms with E-state index in [-0.39, 0.29) is 17.3 Å². The summed E-state index contributed by atoms with van der Waals surface area (Å²) in [7, 11) is -1.96. The van der Waals surface area contributed by atoms with E-state index in [9.17, 15) is 13.2 Å². The van der Waals surface area contributed by atoms with Crippen molar-refractivity contribution < 1.29 is 13.2 Å². The Kier molecular flexibility index (Phi) is 3.88. The summed E-state index contributed by atoms with van der Waals surface area (Å²) < 4.78 is 27.9. The second-order valence-corrected chi connectivity index (χ2v) is 6.95. The van der Waals surface area contributed by atoms with Gasteiger partial charge in [-0.2, -0.15) is 8.42 Å². The first kappa shape index (κ1) is 15.0. The molecule has 1 saturated heterocycles. The maximum absolute atomic E-state index is 12.3. The molecule has 0 aliphatic carbocycles. The van der Waals surface area contributed by atoms with E-state index >= 15 is 0 Å². The minimum Gasteiger partial charge on any atom is -0.349 e. The summed E-state index contributed by atoms with van der Waals surface area (Å²) >= 11 is 0. The molecular formula is C14H18N4O3S. The van der Waals surface area contributed by atoms with Gasteiger partial charge in [-0.25, -0.2) is 0 Å². The van der Waals surface area contributed by atoms with Crippen molar-refractivity contribution >= 4 is 21.8 Å². The van der Waals surface area contributed by atoms with Gasteiger partial charge in [-0.05, 0) is 12.1 Å². The molecule has 2 aliphatic heterocycles. The Hall–Kier alpha value is -1.93. The van der Waals surface area contributed by atoms with E-state index in [1.54, 1.807) is 35.0 Å². The van der Waals surface area contributed by atoms with Crippen LogP contribution in [0.15, 0.2) is 33.6 Å². The molecule has 0 unspecified atom stereocenters. The van der Waals surface area contributed by atoms with Crippen molar-refractivity contribution in [3.8, 4) is 0 Å². The third-order valence-electron chi connectivity index (χ3n) is 3.82. The first-order valence-electron chi connectivity index (χ1n) is 7.13. The number of likely N-dealkylation sites (N-methyl/N-ethyl adjacent to an activating group) is 1. The van der Waals surface area contributed by atoms with Crippen LogP contribution in [0.4, 0.5) is 0 Å². The number of amidine groups is 1. The fraction of sp³-hybridized carbons (Fsp3) is 0.429. The fourth-order valence-corrected chi connectivity index (χ4v) is 3.91. The summed E-state index contributed by atoms with van der Waals surface area (Å²) in [6.45, 7) is 3.03. The Balaban J connectivity index is 1.78.